The molecule has 0 saturated carbocycles. The lowest BCUT2D eigenvalue weighted by atomic mass is 10.1. The SMILES string of the molecule is CNCC1CCCN1C(=O)c1c(C)noc1C.Cl. The van der Waals surface area contributed by atoms with Crippen LogP contribution in [-0.4, -0.2) is 42.1 Å². The number of nitrogens with one attached hydrogen (secondary N) is 1. The number of likely N-dealkylation sites (tertiary alicyclic amines) is 1. The van der Waals surface area contributed by atoms with Gasteiger partial charge >= 0.3 is 0 Å². The highest BCUT2D eigenvalue weighted by Crippen LogP contribution is 2.22. The van der Waals surface area contributed by atoms with Crippen LogP contribution >= 0.6 is 12.4 Å². The summed E-state index contributed by atoms with van der Waals surface area (Å²) in [6.07, 6.45) is 2.14. The number of likely N-dealkylation sites (N-methyl/N-ethyl adjacent to an activating group) is 1. The fraction of sp³-hybridized carbons (Fsp3) is 0.667. The smallest absolute Gasteiger partial charge is 0.259 e. The van der Waals surface area contributed by atoms with Crippen molar-refractivity contribution in [1.82, 2.24) is 15.4 Å². The van der Waals surface area contributed by atoms with E-state index in [0.29, 0.717) is 23.1 Å². The van der Waals surface area contributed by atoms with Gasteiger partial charge in [-0.2, -0.15) is 0 Å². The molecular formula is C12H20ClN3O2. The van der Waals surface area contributed by atoms with Crippen LogP contribution in [0, 0.1) is 13.8 Å². The van der Waals surface area contributed by atoms with Gasteiger partial charge in [0.1, 0.15) is 11.3 Å². The summed E-state index contributed by atoms with van der Waals surface area (Å²) in [5, 5.41) is 6.98. The van der Waals surface area contributed by atoms with Gasteiger partial charge in [0.05, 0.1) is 5.69 Å². The summed E-state index contributed by atoms with van der Waals surface area (Å²) in [5.74, 6) is 0.668. The summed E-state index contributed by atoms with van der Waals surface area (Å²) >= 11 is 0. The second-order valence-electron chi connectivity index (χ2n) is 4.55. The molecule has 1 amide bonds. The fourth-order valence-corrected chi connectivity index (χ4v) is 2.48. The number of amides is 1. The monoisotopic (exact) mass is 273 g/mol. The van der Waals surface area contributed by atoms with Crippen LogP contribution in [0.5, 0.6) is 0 Å². The molecular weight excluding hydrogens is 254 g/mol. The Balaban J connectivity index is 0.00000162. The first-order valence-corrected chi connectivity index (χ1v) is 6.03. The van der Waals surface area contributed by atoms with Crippen molar-refractivity contribution < 1.29 is 9.32 Å². The van der Waals surface area contributed by atoms with Gasteiger partial charge in [-0.3, -0.25) is 4.79 Å². The van der Waals surface area contributed by atoms with Gasteiger partial charge in [0.25, 0.3) is 5.91 Å². The van der Waals surface area contributed by atoms with Crippen LogP contribution < -0.4 is 5.32 Å². The summed E-state index contributed by atoms with van der Waals surface area (Å²) < 4.78 is 5.06. The molecule has 18 heavy (non-hydrogen) atoms. The maximum absolute atomic E-state index is 12.4. The van der Waals surface area contributed by atoms with Crippen molar-refractivity contribution in [3.05, 3.63) is 17.0 Å². The largest absolute Gasteiger partial charge is 0.361 e. The lowest BCUT2D eigenvalue weighted by Gasteiger charge is -2.24. The Morgan fingerprint density at radius 3 is 2.83 bits per heavy atom. The van der Waals surface area contributed by atoms with Gasteiger partial charge in [-0.25, -0.2) is 0 Å². The van der Waals surface area contributed by atoms with Crippen LogP contribution in [-0.2, 0) is 0 Å². The van der Waals surface area contributed by atoms with E-state index in [0.717, 1.165) is 25.9 Å². The first-order valence-electron chi connectivity index (χ1n) is 6.03. The lowest BCUT2D eigenvalue weighted by Crippen LogP contribution is -2.41. The van der Waals surface area contributed by atoms with Gasteiger partial charge in [-0.05, 0) is 33.7 Å². The van der Waals surface area contributed by atoms with Crippen molar-refractivity contribution in [2.24, 2.45) is 0 Å². The molecule has 2 rings (SSSR count). The summed E-state index contributed by atoms with van der Waals surface area (Å²) in [5.41, 5.74) is 1.32. The number of halogens is 1. The standard InChI is InChI=1S/C12H19N3O2.ClH/c1-8-11(9(2)17-14-8)12(16)15-6-4-5-10(15)7-13-3;/h10,13H,4-7H2,1-3H3;1H. The Bertz CT molecular complexity index is 400. The Labute approximate surface area is 113 Å². The first-order chi connectivity index (χ1) is 8.15. The maximum Gasteiger partial charge on any atom is 0.259 e. The second kappa shape index (κ2) is 6.20. The van der Waals surface area contributed by atoms with Crippen molar-refractivity contribution >= 4 is 18.3 Å². The Hall–Kier alpha value is -1.07. The topological polar surface area (TPSA) is 58.4 Å². The van der Waals surface area contributed by atoms with Gasteiger partial charge in [0.15, 0.2) is 0 Å². The van der Waals surface area contributed by atoms with E-state index in [1.807, 2.05) is 18.9 Å². The molecule has 1 aromatic heterocycles. The van der Waals surface area contributed by atoms with Crippen LogP contribution in [0.4, 0.5) is 0 Å². The number of carbonyl (C=O) groups is 1. The van der Waals surface area contributed by atoms with E-state index in [9.17, 15) is 4.79 Å². The molecule has 1 fully saturated rings. The highest BCUT2D eigenvalue weighted by Gasteiger charge is 2.31. The highest BCUT2D eigenvalue weighted by atomic mass is 35.5. The highest BCUT2D eigenvalue weighted by molar-refractivity contribution is 5.96. The molecule has 1 unspecified atom stereocenters. The summed E-state index contributed by atoms with van der Waals surface area (Å²) in [6.45, 7) is 5.27. The van der Waals surface area contributed by atoms with Gasteiger partial charge < -0.3 is 14.7 Å². The third-order valence-corrected chi connectivity index (χ3v) is 3.32. The Kier molecular flexibility index (Phi) is 5.16. The first kappa shape index (κ1) is 15.0. The zero-order valence-corrected chi connectivity index (χ0v) is 11.8. The van der Waals surface area contributed by atoms with Crippen LogP contribution in [0.25, 0.3) is 0 Å². The molecule has 1 aliphatic heterocycles. The molecule has 1 aromatic rings. The van der Waals surface area contributed by atoms with E-state index in [-0.39, 0.29) is 18.3 Å². The van der Waals surface area contributed by atoms with Crippen molar-refractivity contribution in [2.75, 3.05) is 20.1 Å². The number of hydrogen-bond acceptors (Lipinski definition) is 4. The number of aryl methyl sites for hydroxylation is 2. The third kappa shape index (κ3) is 2.67. The Morgan fingerprint density at radius 2 is 2.28 bits per heavy atom. The van der Waals surface area contributed by atoms with Gasteiger partial charge in [-0.15, -0.1) is 12.4 Å². The van der Waals surface area contributed by atoms with Crippen molar-refractivity contribution in [2.45, 2.75) is 32.7 Å². The maximum atomic E-state index is 12.4. The van der Waals surface area contributed by atoms with E-state index in [4.69, 9.17) is 4.52 Å². The molecule has 0 aromatic carbocycles. The lowest BCUT2D eigenvalue weighted by molar-refractivity contribution is 0.0734. The van der Waals surface area contributed by atoms with Gasteiger partial charge in [0.2, 0.25) is 0 Å². The number of aromatic nitrogens is 1. The molecule has 1 N–H and O–H groups in total. The van der Waals surface area contributed by atoms with E-state index < -0.39 is 0 Å². The number of nitrogens with zero attached hydrogens (tertiary/aromatic N) is 2. The molecule has 0 spiro atoms. The van der Waals surface area contributed by atoms with Crippen LogP contribution in [0.15, 0.2) is 4.52 Å². The number of hydrogen-bond donors (Lipinski definition) is 1. The normalized spacial score (nSPS) is 18.8. The van der Waals surface area contributed by atoms with Crippen LogP contribution in [0.2, 0.25) is 0 Å². The van der Waals surface area contributed by atoms with Crippen LogP contribution in [0.3, 0.4) is 0 Å². The van der Waals surface area contributed by atoms with Gasteiger partial charge in [-0.1, -0.05) is 5.16 Å². The van der Waals surface area contributed by atoms with Crippen molar-refractivity contribution in [3.8, 4) is 0 Å². The minimum Gasteiger partial charge on any atom is -0.361 e. The van der Waals surface area contributed by atoms with Crippen molar-refractivity contribution in [1.29, 1.82) is 0 Å². The minimum absolute atomic E-state index is 0. The minimum atomic E-state index is 0. The Morgan fingerprint density at radius 1 is 1.56 bits per heavy atom. The van der Waals surface area contributed by atoms with E-state index in [2.05, 4.69) is 10.5 Å². The average Bonchev–Trinajstić information content (AvgIpc) is 2.86. The van der Waals surface area contributed by atoms with E-state index >= 15 is 0 Å². The zero-order valence-electron chi connectivity index (χ0n) is 11.0. The predicted molar refractivity (Wildman–Crippen MR) is 71.2 cm³/mol. The molecule has 0 bridgehead atoms. The molecule has 1 aliphatic rings. The molecule has 6 heteroatoms. The summed E-state index contributed by atoms with van der Waals surface area (Å²) in [4.78, 5) is 14.4. The van der Waals surface area contributed by atoms with E-state index in [1.165, 1.54) is 0 Å². The molecule has 1 saturated heterocycles. The molecule has 1 atom stereocenters. The zero-order chi connectivity index (χ0) is 12.4. The molecule has 5 nitrogen and oxygen atoms in total. The van der Waals surface area contributed by atoms with Crippen LogP contribution in [0.1, 0.15) is 34.7 Å². The fourth-order valence-electron chi connectivity index (χ4n) is 2.48. The molecule has 0 radical (unpaired) electrons. The second-order valence-corrected chi connectivity index (χ2v) is 4.55. The molecule has 2 heterocycles. The average molecular weight is 274 g/mol. The molecule has 102 valence electrons. The predicted octanol–water partition coefficient (Wildman–Crippen LogP) is 1.54. The van der Waals surface area contributed by atoms with E-state index in [1.54, 1.807) is 6.92 Å². The summed E-state index contributed by atoms with van der Waals surface area (Å²) in [7, 11) is 1.91. The quantitative estimate of drug-likeness (QED) is 0.908. The number of rotatable bonds is 3. The molecule has 0 aliphatic carbocycles. The number of carbonyl (C=O) groups excluding carboxylic acids is 1. The summed E-state index contributed by atoms with van der Waals surface area (Å²) in [6, 6.07) is 0.293. The third-order valence-electron chi connectivity index (χ3n) is 3.32. The van der Waals surface area contributed by atoms with Gasteiger partial charge in [0, 0.05) is 19.1 Å². The van der Waals surface area contributed by atoms with Crippen molar-refractivity contribution in [3.63, 3.8) is 0 Å².